The van der Waals surface area contributed by atoms with E-state index in [9.17, 15) is 14.7 Å². The molecule has 2 fully saturated rings. The fourth-order valence-corrected chi connectivity index (χ4v) is 4.18. The lowest BCUT2D eigenvalue weighted by atomic mass is 9.88. The van der Waals surface area contributed by atoms with Gasteiger partial charge in [-0.1, -0.05) is 49.6 Å². The molecule has 148 valence electrons. The Hall–Kier alpha value is -1.92. The Morgan fingerprint density at radius 1 is 1.15 bits per heavy atom. The molecular formula is C21H30N2O4. The minimum atomic E-state index is -1.24. The number of amides is 1. The van der Waals surface area contributed by atoms with Crippen LogP contribution in [0.1, 0.15) is 50.5 Å². The standard InChI is InChI=1S/C21H30N2O4/c24-19(15-27-18-10-5-2-6-11-18)22-21(20(25)26)12-7-13-23(16-21)14-17-8-3-1-4-9-17/h1,3-4,8-9,18H,2,5-7,10-16H2,(H,22,24)(H,25,26)/t21-/m1/s1. The number of likely N-dealkylation sites (tertiary alicyclic amines) is 1. The maximum Gasteiger partial charge on any atom is 0.330 e. The first-order chi connectivity index (χ1) is 13.1. The van der Waals surface area contributed by atoms with E-state index in [-0.39, 0.29) is 18.6 Å². The molecule has 3 rings (SSSR count). The Bertz CT molecular complexity index is 630. The van der Waals surface area contributed by atoms with Gasteiger partial charge in [-0.05, 0) is 37.8 Å². The van der Waals surface area contributed by atoms with E-state index in [0.29, 0.717) is 19.5 Å². The Kier molecular flexibility index (Phi) is 6.85. The summed E-state index contributed by atoms with van der Waals surface area (Å²) < 4.78 is 5.71. The molecule has 0 spiro atoms. The summed E-state index contributed by atoms with van der Waals surface area (Å²) >= 11 is 0. The van der Waals surface area contributed by atoms with Gasteiger partial charge in [0.1, 0.15) is 6.61 Å². The molecule has 27 heavy (non-hydrogen) atoms. The Morgan fingerprint density at radius 3 is 2.59 bits per heavy atom. The molecule has 2 aliphatic rings. The molecule has 1 heterocycles. The number of carbonyl (C=O) groups is 2. The smallest absolute Gasteiger partial charge is 0.330 e. The van der Waals surface area contributed by atoms with Crippen molar-refractivity contribution < 1.29 is 19.4 Å². The number of ether oxygens (including phenoxy) is 1. The highest BCUT2D eigenvalue weighted by molar-refractivity contribution is 5.88. The lowest BCUT2D eigenvalue weighted by Crippen LogP contribution is -2.63. The van der Waals surface area contributed by atoms with Gasteiger partial charge in [-0.2, -0.15) is 0 Å². The molecule has 0 unspecified atom stereocenters. The van der Waals surface area contributed by atoms with Crippen molar-refractivity contribution in [3.05, 3.63) is 35.9 Å². The predicted molar refractivity (Wildman–Crippen MR) is 102 cm³/mol. The first kappa shape index (κ1) is 19.8. The quantitative estimate of drug-likeness (QED) is 0.767. The van der Waals surface area contributed by atoms with Crippen LogP contribution < -0.4 is 5.32 Å². The first-order valence-corrected chi connectivity index (χ1v) is 10.00. The molecule has 2 N–H and O–H groups in total. The number of carboxylic acid groups (broad SMARTS) is 1. The number of nitrogens with zero attached hydrogens (tertiary/aromatic N) is 1. The Morgan fingerprint density at radius 2 is 1.89 bits per heavy atom. The zero-order valence-electron chi connectivity index (χ0n) is 15.9. The molecule has 1 saturated heterocycles. The molecule has 1 amide bonds. The Labute approximate surface area is 160 Å². The molecule has 6 nitrogen and oxygen atoms in total. The summed E-state index contributed by atoms with van der Waals surface area (Å²) in [6.07, 6.45) is 6.80. The van der Waals surface area contributed by atoms with E-state index in [0.717, 1.165) is 44.2 Å². The van der Waals surface area contributed by atoms with Crippen LogP contribution in [0, 0.1) is 0 Å². The second-order valence-corrected chi connectivity index (χ2v) is 7.81. The summed E-state index contributed by atoms with van der Waals surface area (Å²) in [6, 6.07) is 10.00. The average molecular weight is 374 g/mol. The van der Waals surface area contributed by atoms with E-state index in [1.54, 1.807) is 0 Å². The third kappa shape index (κ3) is 5.53. The highest BCUT2D eigenvalue weighted by atomic mass is 16.5. The minimum Gasteiger partial charge on any atom is -0.479 e. The zero-order valence-corrected chi connectivity index (χ0v) is 15.9. The third-order valence-corrected chi connectivity index (χ3v) is 5.61. The second kappa shape index (κ2) is 9.33. The van der Waals surface area contributed by atoms with E-state index in [2.05, 4.69) is 10.2 Å². The van der Waals surface area contributed by atoms with Crippen LogP contribution in [0.15, 0.2) is 30.3 Å². The number of aliphatic carboxylic acids is 1. The fourth-order valence-electron chi connectivity index (χ4n) is 4.18. The predicted octanol–water partition coefficient (Wildman–Crippen LogP) is 2.57. The molecule has 1 aliphatic heterocycles. The second-order valence-electron chi connectivity index (χ2n) is 7.81. The van der Waals surface area contributed by atoms with Crippen LogP contribution in [0.25, 0.3) is 0 Å². The number of hydrogen-bond acceptors (Lipinski definition) is 4. The van der Waals surface area contributed by atoms with Crippen LogP contribution in [0.4, 0.5) is 0 Å². The van der Waals surface area contributed by atoms with Crippen LogP contribution in [0.2, 0.25) is 0 Å². The summed E-state index contributed by atoms with van der Waals surface area (Å²) in [5.41, 5.74) is -0.0920. The Balaban J connectivity index is 1.57. The molecule has 1 saturated carbocycles. The summed E-state index contributed by atoms with van der Waals surface area (Å²) in [5, 5.41) is 12.6. The molecule has 6 heteroatoms. The van der Waals surface area contributed by atoms with Gasteiger partial charge in [-0.3, -0.25) is 9.69 Å². The van der Waals surface area contributed by atoms with Gasteiger partial charge in [0.25, 0.3) is 0 Å². The topological polar surface area (TPSA) is 78.9 Å². The van der Waals surface area contributed by atoms with Crippen LogP contribution in [0.5, 0.6) is 0 Å². The van der Waals surface area contributed by atoms with Gasteiger partial charge in [-0.15, -0.1) is 0 Å². The van der Waals surface area contributed by atoms with Crippen LogP contribution >= 0.6 is 0 Å². The number of nitrogens with one attached hydrogen (secondary N) is 1. The van der Waals surface area contributed by atoms with Crippen molar-refractivity contribution in [2.45, 2.75) is 63.1 Å². The van der Waals surface area contributed by atoms with Gasteiger partial charge in [0.15, 0.2) is 5.54 Å². The molecule has 1 atom stereocenters. The number of benzene rings is 1. The van der Waals surface area contributed by atoms with Crippen molar-refractivity contribution in [3.8, 4) is 0 Å². The largest absolute Gasteiger partial charge is 0.479 e. The van der Waals surface area contributed by atoms with E-state index >= 15 is 0 Å². The van der Waals surface area contributed by atoms with Crippen molar-refractivity contribution in [2.24, 2.45) is 0 Å². The van der Waals surface area contributed by atoms with E-state index in [4.69, 9.17) is 4.74 Å². The van der Waals surface area contributed by atoms with Gasteiger partial charge in [0, 0.05) is 13.1 Å². The van der Waals surface area contributed by atoms with Gasteiger partial charge in [-0.25, -0.2) is 4.79 Å². The number of carbonyl (C=O) groups excluding carboxylic acids is 1. The van der Waals surface area contributed by atoms with Gasteiger partial charge >= 0.3 is 5.97 Å². The molecular weight excluding hydrogens is 344 g/mol. The molecule has 0 aromatic heterocycles. The van der Waals surface area contributed by atoms with E-state index in [1.807, 2.05) is 30.3 Å². The highest BCUT2D eigenvalue weighted by Gasteiger charge is 2.43. The lowest BCUT2D eigenvalue weighted by molar-refractivity contribution is -0.151. The number of rotatable bonds is 7. The molecule has 1 aliphatic carbocycles. The van der Waals surface area contributed by atoms with Gasteiger partial charge in [0.05, 0.1) is 6.10 Å². The normalized spacial score (nSPS) is 24.4. The van der Waals surface area contributed by atoms with Crippen molar-refractivity contribution in [1.82, 2.24) is 10.2 Å². The number of hydrogen-bond donors (Lipinski definition) is 2. The zero-order chi connectivity index (χ0) is 19.1. The van der Waals surface area contributed by atoms with Crippen molar-refractivity contribution in [1.29, 1.82) is 0 Å². The fraction of sp³-hybridized carbons (Fsp3) is 0.619. The summed E-state index contributed by atoms with van der Waals surface area (Å²) in [7, 11) is 0. The van der Waals surface area contributed by atoms with Crippen molar-refractivity contribution in [2.75, 3.05) is 19.7 Å². The number of piperidine rings is 1. The lowest BCUT2D eigenvalue weighted by Gasteiger charge is -2.40. The van der Waals surface area contributed by atoms with Crippen LogP contribution in [-0.4, -0.2) is 53.2 Å². The molecule has 0 radical (unpaired) electrons. The maximum atomic E-state index is 12.4. The SMILES string of the molecule is O=C(COC1CCCCC1)N[C@]1(C(=O)O)CCCN(Cc2ccccc2)C1. The summed E-state index contributed by atoms with van der Waals surface area (Å²) in [4.78, 5) is 26.6. The molecule has 0 bridgehead atoms. The third-order valence-electron chi connectivity index (χ3n) is 5.61. The summed E-state index contributed by atoms with van der Waals surface area (Å²) in [6.45, 7) is 1.77. The maximum absolute atomic E-state index is 12.4. The van der Waals surface area contributed by atoms with Crippen LogP contribution in [0.3, 0.4) is 0 Å². The highest BCUT2D eigenvalue weighted by Crippen LogP contribution is 2.24. The van der Waals surface area contributed by atoms with Gasteiger partial charge < -0.3 is 15.2 Å². The first-order valence-electron chi connectivity index (χ1n) is 10.00. The number of carboxylic acids is 1. The average Bonchev–Trinajstić information content (AvgIpc) is 2.68. The molecule has 1 aromatic carbocycles. The molecule has 1 aromatic rings. The minimum absolute atomic E-state index is 0.0572. The summed E-state index contributed by atoms with van der Waals surface area (Å²) in [5.74, 6) is -1.30. The monoisotopic (exact) mass is 374 g/mol. The van der Waals surface area contributed by atoms with Crippen molar-refractivity contribution in [3.63, 3.8) is 0 Å². The van der Waals surface area contributed by atoms with E-state index in [1.165, 1.54) is 6.42 Å². The van der Waals surface area contributed by atoms with Gasteiger partial charge in [0.2, 0.25) is 5.91 Å². The van der Waals surface area contributed by atoms with E-state index < -0.39 is 11.5 Å². The van der Waals surface area contributed by atoms with Crippen molar-refractivity contribution >= 4 is 11.9 Å². The van der Waals surface area contributed by atoms with Crippen LogP contribution in [-0.2, 0) is 20.9 Å².